The van der Waals surface area contributed by atoms with Crippen molar-refractivity contribution in [3.8, 4) is 5.75 Å². The van der Waals surface area contributed by atoms with E-state index in [1.165, 1.54) is 6.92 Å². The number of nitrogens with zero attached hydrogens (tertiary/aromatic N) is 2. The molecule has 2 aromatic carbocycles. The maximum Gasteiger partial charge on any atom is 0.653 e. The van der Waals surface area contributed by atoms with Gasteiger partial charge in [0, 0.05) is 12.3 Å². The van der Waals surface area contributed by atoms with E-state index >= 15 is 8.78 Å². The van der Waals surface area contributed by atoms with Gasteiger partial charge < -0.3 is 19.4 Å². The summed E-state index contributed by atoms with van der Waals surface area (Å²) in [4.78, 5) is 44.5. The molecule has 6 atom stereocenters. The number of carbonyl (C=O) groups excluding carboxylic acids is 1. The third-order valence-electron chi connectivity index (χ3n) is 6.31. The SMILES string of the molecule is CC(C)OC(=O)C(C)N(Oc1ccc2ccccc2c1)[P+](=O)OC[C@@]1(F)O[C@@H](n2ccc(=O)[nH]c2=O)[C@](C)(F)[C@@H]1O. The second kappa shape index (κ2) is 11.7. The zero-order valence-corrected chi connectivity index (χ0v) is 23.4. The van der Waals surface area contributed by atoms with Gasteiger partial charge in [-0.25, -0.2) is 13.6 Å². The number of aromatic nitrogens is 2. The first kappa shape index (κ1) is 30.4. The van der Waals surface area contributed by atoms with Crippen LogP contribution >= 0.6 is 8.18 Å². The van der Waals surface area contributed by atoms with Gasteiger partial charge in [-0.2, -0.15) is 0 Å². The van der Waals surface area contributed by atoms with E-state index in [0.29, 0.717) is 9.40 Å². The molecular weight excluding hydrogens is 567 g/mol. The van der Waals surface area contributed by atoms with Crippen LogP contribution in [0.25, 0.3) is 10.8 Å². The molecule has 0 aliphatic carbocycles. The van der Waals surface area contributed by atoms with E-state index in [9.17, 15) is 24.1 Å². The summed E-state index contributed by atoms with van der Waals surface area (Å²) in [5.74, 6) is -3.96. The Morgan fingerprint density at radius 2 is 1.85 bits per heavy atom. The van der Waals surface area contributed by atoms with Gasteiger partial charge in [-0.05, 0) is 55.2 Å². The Balaban J connectivity index is 1.57. The minimum absolute atomic E-state index is 0.167. The number of carbonyl (C=O) groups is 1. The second-order valence-corrected chi connectivity index (χ2v) is 11.0. The smallest absolute Gasteiger partial charge is 0.462 e. The van der Waals surface area contributed by atoms with Crippen molar-refractivity contribution in [2.45, 2.75) is 63.7 Å². The lowest BCUT2D eigenvalue weighted by Crippen LogP contribution is -2.47. The Labute approximate surface area is 233 Å². The van der Waals surface area contributed by atoms with E-state index in [0.717, 1.165) is 30.0 Å². The zero-order valence-electron chi connectivity index (χ0n) is 22.5. The minimum atomic E-state index is -3.30. The summed E-state index contributed by atoms with van der Waals surface area (Å²) in [6.45, 7) is 4.05. The topological polar surface area (TPSA) is 149 Å². The number of halogens is 2. The van der Waals surface area contributed by atoms with Crippen molar-refractivity contribution in [2.24, 2.45) is 0 Å². The molecular formula is C26H29F2N3O9P+. The maximum absolute atomic E-state index is 15.8. The number of ether oxygens (including phenoxy) is 2. The number of H-pyrrole nitrogens is 1. The number of alkyl halides is 2. The summed E-state index contributed by atoms with van der Waals surface area (Å²) in [5.41, 5.74) is -4.78. The van der Waals surface area contributed by atoms with E-state index in [1.54, 1.807) is 38.1 Å². The molecule has 4 rings (SSSR count). The number of aromatic amines is 1. The van der Waals surface area contributed by atoms with Crippen LogP contribution in [-0.4, -0.2) is 61.8 Å². The molecule has 0 amide bonds. The Bertz CT molecular complexity index is 1560. The van der Waals surface area contributed by atoms with Crippen LogP contribution in [0.1, 0.15) is 33.9 Å². The molecule has 1 aromatic heterocycles. The monoisotopic (exact) mass is 596 g/mol. The normalized spacial score (nSPS) is 25.4. The van der Waals surface area contributed by atoms with Gasteiger partial charge in [0.15, 0.2) is 36.4 Å². The lowest BCUT2D eigenvalue weighted by atomic mass is 9.97. The molecule has 0 spiro atoms. The highest BCUT2D eigenvalue weighted by molar-refractivity contribution is 7.36. The third kappa shape index (κ3) is 6.36. The second-order valence-electron chi connectivity index (χ2n) is 9.90. The van der Waals surface area contributed by atoms with Crippen molar-refractivity contribution in [3.05, 3.63) is 75.6 Å². The largest absolute Gasteiger partial charge is 0.653 e. The van der Waals surface area contributed by atoms with Crippen molar-refractivity contribution < 1.29 is 42.1 Å². The predicted molar refractivity (Wildman–Crippen MR) is 141 cm³/mol. The predicted octanol–water partition coefficient (Wildman–Crippen LogP) is 3.28. The molecule has 12 nitrogen and oxygen atoms in total. The Hall–Kier alpha value is -3.55. The van der Waals surface area contributed by atoms with Crippen LogP contribution in [0.15, 0.2) is 64.3 Å². The van der Waals surface area contributed by atoms with Crippen molar-refractivity contribution in [1.82, 2.24) is 14.4 Å². The van der Waals surface area contributed by atoms with Crippen LogP contribution in [0.5, 0.6) is 5.75 Å². The summed E-state index contributed by atoms with van der Waals surface area (Å²) in [7, 11) is -3.19. The fourth-order valence-electron chi connectivity index (χ4n) is 4.18. The van der Waals surface area contributed by atoms with Gasteiger partial charge in [0.1, 0.15) is 4.83 Å². The summed E-state index contributed by atoms with van der Waals surface area (Å²) >= 11 is 0. The van der Waals surface area contributed by atoms with Crippen molar-refractivity contribution in [1.29, 1.82) is 0 Å². The van der Waals surface area contributed by atoms with E-state index in [2.05, 4.69) is 0 Å². The van der Waals surface area contributed by atoms with Gasteiger partial charge in [0.05, 0.1) is 6.10 Å². The molecule has 2 N–H and O–H groups in total. The fraction of sp³-hybridized carbons (Fsp3) is 0.423. The maximum atomic E-state index is 15.8. The molecule has 1 aliphatic rings. The molecule has 0 saturated carbocycles. The zero-order chi connectivity index (χ0) is 30.1. The first-order valence-electron chi connectivity index (χ1n) is 12.5. The quantitative estimate of drug-likeness (QED) is 0.203. The van der Waals surface area contributed by atoms with Crippen LogP contribution in [0.2, 0.25) is 0 Å². The Morgan fingerprint density at radius 3 is 2.51 bits per heavy atom. The molecule has 41 heavy (non-hydrogen) atoms. The number of benzene rings is 2. The summed E-state index contributed by atoms with van der Waals surface area (Å²) in [5, 5.41) is 12.1. The lowest BCUT2D eigenvalue weighted by molar-refractivity contribution is -0.204. The Morgan fingerprint density at radius 1 is 1.17 bits per heavy atom. The first-order chi connectivity index (χ1) is 19.2. The van der Waals surface area contributed by atoms with Crippen LogP contribution in [0.4, 0.5) is 8.78 Å². The average molecular weight is 597 g/mol. The van der Waals surface area contributed by atoms with Crippen LogP contribution in [0.3, 0.4) is 0 Å². The minimum Gasteiger partial charge on any atom is -0.462 e. The molecule has 2 heterocycles. The lowest BCUT2D eigenvalue weighted by Gasteiger charge is -2.24. The van der Waals surface area contributed by atoms with Crippen LogP contribution in [-0.2, 0) is 23.4 Å². The fourth-order valence-corrected chi connectivity index (χ4v) is 5.12. The number of aliphatic hydroxyl groups excluding tert-OH is 1. The number of hydroxylamine groups is 1. The third-order valence-corrected chi connectivity index (χ3v) is 7.41. The number of aliphatic hydroxyl groups is 1. The summed E-state index contributed by atoms with van der Waals surface area (Å²) < 4.78 is 60.6. The highest BCUT2D eigenvalue weighted by Gasteiger charge is 2.66. The van der Waals surface area contributed by atoms with Crippen molar-refractivity contribution in [3.63, 3.8) is 0 Å². The molecule has 1 fully saturated rings. The number of rotatable bonds is 10. The van der Waals surface area contributed by atoms with Gasteiger partial charge in [-0.3, -0.25) is 19.1 Å². The van der Waals surface area contributed by atoms with Gasteiger partial charge >= 0.3 is 19.8 Å². The number of hydrogen-bond acceptors (Lipinski definition) is 9. The van der Waals surface area contributed by atoms with Gasteiger partial charge in [0.25, 0.3) is 11.4 Å². The van der Waals surface area contributed by atoms with E-state index in [-0.39, 0.29) is 5.75 Å². The highest BCUT2D eigenvalue weighted by atomic mass is 31.1. The van der Waals surface area contributed by atoms with Gasteiger partial charge in [0.2, 0.25) is 0 Å². The van der Waals surface area contributed by atoms with Gasteiger partial charge in [-0.1, -0.05) is 30.3 Å². The highest BCUT2D eigenvalue weighted by Crippen LogP contribution is 2.48. The van der Waals surface area contributed by atoms with Crippen molar-refractivity contribution >= 4 is 24.9 Å². The summed E-state index contributed by atoms with van der Waals surface area (Å²) in [6, 6.07) is 11.8. The van der Waals surface area contributed by atoms with Gasteiger partial charge in [-0.15, -0.1) is 4.52 Å². The molecule has 2 unspecified atom stereocenters. The van der Waals surface area contributed by atoms with Crippen molar-refractivity contribution in [2.75, 3.05) is 6.61 Å². The number of fused-ring (bicyclic) bond motifs is 1. The number of hydrogen-bond donors (Lipinski definition) is 2. The summed E-state index contributed by atoms with van der Waals surface area (Å²) in [6.07, 6.45) is -4.17. The van der Waals surface area contributed by atoms with E-state index in [4.69, 9.17) is 18.8 Å². The number of nitrogens with one attached hydrogen (secondary N) is 1. The molecule has 15 heteroatoms. The average Bonchev–Trinajstić information content (AvgIpc) is 3.09. The first-order valence-corrected chi connectivity index (χ1v) is 13.7. The molecule has 1 aliphatic heterocycles. The van der Waals surface area contributed by atoms with E-state index < -0.39 is 68.0 Å². The number of esters is 1. The molecule has 220 valence electrons. The standard InChI is InChI=1S/C26H28F2N3O9P/c1-15(2)38-21(33)16(3)31(40-19-10-9-17-7-5-6-8-18(17)13-19)41(36)37-14-26(28)22(34)25(4,27)23(39-26)30-12-11-20(32)29-24(30)35/h5-13,15-16,22-23,34H,14H2,1-4H3/p+1/t16?,22-,23+,25+,26+/m0/s1. The Kier molecular flexibility index (Phi) is 8.71. The molecule has 1 saturated heterocycles. The molecule has 0 radical (unpaired) electrons. The van der Waals surface area contributed by atoms with E-state index in [1.807, 2.05) is 23.2 Å². The van der Waals surface area contributed by atoms with Crippen LogP contribution < -0.4 is 16.1 Å². The molecule has 3 aromatic rings. The molecule has 0 bridgehead atoms. The van der Waals surface area contributed by atoms with Crippen LogP contribution in [0, 0.1) is 0 Å².